The average Bonchev–Trinajstić information content (AvgIpc) is 3.87. The highest BCUT2D eigenvalue weighted by Crippen LogP contribution is 2.43. The van der Waals surface area contributed by atoms with Crippen LogP contribution < -0.4 is 0 Å². The molecule has 0 atom stereocenters. The summed E-state index contributed by atoms with van der Waals surface area (Å²) in [5.74, 6) is 3.92. The molecule has 0 amide bonds. The van der Waals surface area contributed by atoms with Crippen LogP contribution in [0.25, 0.3) is 44.3 Å². The number of fused-ring (bicyclic) bond motifs is 8. The molecule has 52 heavy (non-hydrogen) atoms. The number of rotatable bonds is 5. The molecular weight excluding hydrogens is 649 g/mol. The lowest BCUT2D eigenvalue weighted by Crippen LogP contribution is -2.43. The number of aromatic nitrogens is 4. The third-order valence-corrected chi connectivity index (χ3v) is 18.0. The van der Waals surface area contributed by atoms with Crippen LogP contribution in [-0.4, -0.2) is 28.0 Å². The summed E-state index contributed by atoms with van der Waals surface area (Å²) >= 11 is 0. The molecule has 8 bridgehead atoms. The molecule has 2 N–H and O–H groups in total. The van der Waals surface area contributed by atoms with Crippen molar-refractivity contribution in [3.05, 3.63) is 119 Å². The highest BCUT2D eigenvalue weighted by atomic mass is 28.3. The maximum atomic E-state index is 5.64. The zero-order chi connectivity index (χ0) is 37.0. The number of nitrogens with zero attached hydrogens (tertiary/aromatic N) is 2. The van der Waals surface area contributed by atoms with Crippen molar-refractivity contribution in [2.45, 2.75) is 110 Å². The molecule has 5 heteroatoms. The summed E-state index contributed by atoms with van der Waals surface area (Å²) in [6, 6.07) is 32.6. The van der Waals surface area contributed by atoms with Crippen LogP contribution in [0.2, 0.25) is 16.6 Å². The Balaban J connectivity index is 1.69. The lowest BCUT2D eigenvalue weighted by atomic mass is 9.82. The summed E-state index contributed by atoms with van der Waals surface area (Å²) < 4.78 is 0. The van der Waals surface area contributed by atoms with Gasteiger partial charge in [-0.1, -0.05) is 136 Å². The van der Waals surface area contributed by atoms with Crippen LogP contribution in [0.15, 0.2) is 91.0 Å². The van der Waals surface area contributed by atoms with Gasteiger partial charge in [-0.3, -0.25) is 9.97 Å². The van der Waals surface area contributed by atoms with Crippen LogP contribution >= 0.6 is 0 Å². The van der Waals surface area contributed by atoms with Gasteiger partial charge in [0.1, 0.15) is 8.07 Å². The molecule has 0 spiro atoms. The molecule has 0 saturated carbocycles. The van der Waals surface area contributed by atoms with E-state index in [-0.39, 0.29) is 10.8 Å². The molecule has 2 aliphatic heterocycles. The number of hydrogen-bond acceptors (Lipinski definition) is 2. The standard InChI is InChI=1S/C47H54N4Si/c1-30(2)52(31(3)4,32(5)6)26-25-37-38-23-24-40(50-38)43(34-19-15-12-16-20-34)44-46(7,8)28-36(49-44)27-35-21-22-39(48-35)42(33-17-13-11-14-18-33)45-47(9,10)29-41(37)51-45/h11-24,27,30-32,48,50H,28-29H2,1-10H3. The van der Waals surface area contributed by atoms with Gasteiger partial charge in [0.25, 0.3) is 0 Å². The monoisotopic (exact) mass is 702 g/mol. The fraction of sp³-hybridized carbons (Fsp3) is 0.362. The molecule has 5 heterocycles. The summed E-state index contributed by atoms with van der Waals surface area (Å²) in [6.45, 7) is 23.6. The van der Waals surface area contributed by atoms with Crippen molar-refractivity contribution in [2.24, 2.45) is 0 Å². The van der Waals surface area contributed by atoms with E-state index in [9.17, 15) is 0 Å². The van der Waals surface area contributed by atoms with Gasteiger partial charge in [-0.15, -0.1) is 5.54 Å². The van der Waals surface area contributed by atoms with Crippen LogP contribution in [0.5, 0.6) is 0 Å². The third-order valence-electron chi connectivity index (χ3n) is 11.7. The van der Waals surface area contributed by atoms with Gasteiger partial charge in [-0.2, -0.15) is 0 Å². The summed E-state index contributed by atoms with van der Waals surface area (Å²) in [7, 11) is -2.05. The van der Waals surface area contributed by atoms with Crippen molar-refractivity contribution in [1.82, 2.24) is 19.9 Å². The van der Waals surface area contributed by atoms with E-state index in [4.69, 9.17) is 9.97 Å². The summed E-state index contributed by atoms with van der Waals surface area (Å²) in [5, 5.41) is 0. The highest BCUT2D eigenvalue weighted by Gasteiger charge is 2.42. The predicted octanol–water partition coefficient (Wildman–Crippen LogP) is 12.3. The number of nitrogens with one attached hydrogen (secondary N) is 2. The van der Waals surface area contributed by atoms with E-state index in [0.717, 1.165) is 85.5 Å². The SMILES string of the molecule is CC(C)[Si](C#Cc1c2nc(c(-c3ccccc3)c3ccc(cc4nc(c(-c5ccccc5)c5ccc1[nH]5)C(C)(C)C4)[nH]3)C(C)(C)C2)(C(C)C)C(C)C. The number of aromatic amines is 2. The van der Waals surface area contributed by atoms with Crippen molar-refractivity contribution in [2.75, 3.05) is 0 Å². The molecule has 0 saturated heterocycles. The van der Waals surface area contributed by atoms with Crippen molar-refractivity contribution in [1.29, 1.82) is 0 Å². The van der Waals surface area contributed by atoms with E-state index in [1.807, 2.05) is 0 Å². The van der Waals surface area contributed by atoms with Crippen molar-refractivity contribution in [3.63, 3.8) is 0 Å². The molecule has 5 aromatic rings. The molecule has 0 unspecified atom stereocenters. The van der Waals surface area contributed by atoms with Gasteiger partial charge < -0.3 is 9.97 Å². The molecule has 266 valence electrons. The number of hydrogen-bond donors (Lipinski definition) is 2. The Labute approximate surface area is 311 Å². The Kier molecular flexibility index (Phi) is 9.20. The summed E-state index contributed by atoms with van der Waals surface area (Å²) in [5.41, 5.74) is 19.4. The minimum atomic E-state index is -2.05. The molecule has 7 rings (SSSR count). The molecule has 0 fully saturated rings. The Morgan fingerprint density at radius 2 is 1.10 bits per heavy atom. The summed E-state index contributed by atoms with van der Waals surface area (Å²) in [4.78, 5) is 18.8. The minimum Gasteiger partial charge on any atom is -0.355 e. The molecule has 2 aliphatic rings. The maximum absolute atomic E-state index is 5.64. The fourth-order valence-electron chi connectivity index (χ4n) is 9.17. The van der Waals surface area contributed by atoms with Gasteiger partial charge in [-0.05, 0) is 58.1 Å². The van der Waals surface area contributed by atoms with E-state index in [2.05, 4.69) is 182 Å². The Bertz CT molecular complexity index is 2290. The quantitative estimate of drug-likeness (QED) is 0.141. The van der Waals surface area contributed by atoms with E-state index in [1.54, 1.807) is 0 Å². The Morgan fingerprint density at radius 3 is 1.67 bits per heavy atom. The van der Waals surface area contributed by atoms with Gasteiger partial charge >= 0.3 is 0 Å². The zero-order valence-corrected chi connectivity index (χ0v) is 33.7. The molecule has 2 aromatic carbocycles. The van der Waals surface area contributed by atoms with Crippen LogP contribution in [0.1, 0.15) is 97.6 Å². The first kappa shape index (κ1) is 35.7. The lowest BCUT2D eigenvalue weighted by molar-refractivity contribution is 0.544. The van der Waals surface area contributed by atoms with Gasteiger partial charge in [0.05, 0.1) is 28.2 Å². The second kappa shape index (κ2) is 13.4. The highest BCUT2D eigenvalue weighted by molar-refractivity contribution is 6.90. The van der Waals surface area contributed by atoms with Gasteiger partial charge in [0, 0.05) is 57.0 Å². The second-order valence-corrected chi connectivity index (χ2v) is 22.8. The molecular formula is C47H54N4Si. The van der Waals surface area contributed by atoms with Crippen LogP contribution in [-0.2, 0) is 23.7 Å². The molecule has 3 aromatic heterocycles. The van der Waals surface area contributed by atoms with Crippen LogP contribution in [0.4, 0.5) is 0 Å². The topological polar surface area (TPSA) is 57.4 Å². The van der Waals surface area contributed by atoms with Gasteiger partial charge in [-0.25, -0.2) is 0 Å². The van der Waals surface area contributed by atoms with Crippen molar-refractivity contribution in [3.8, 4) is 33.7 Å². The van der Waals surface area contributed by atoms with Crippen LogP contribution in [0, 0.1) is 11.5 Å². The minimum absolute atomic E-state index is 0.167. The fourth-order valence-corrected chi connectivity index (χ4v) is 14.4. The number of H-pyrrole nitrogens is 2. The van der Waals surface area contributed by atoms with Crippen LogP contribution in [0.3, 0.4) is 0 Å². The first-order valence-corrected chi connectivity index (χ1v) is 21.3. The lowest BCUT2D eigenvalue weighted by Gasteiger charge is -2.38. The van der Waals surface area contributed by atoms with E-state index in [0.29, 0.717) is 16.6 Å². The second-order valence-electron chi connectivity index (χ2n) is 17.2. The third kappa shape index (κ3) is 6.26. The number of benzene rings is 2. The first-order chi connectivity index (χ1) is 24.7. The van der Waals surface area contributed by atoms with Gasteiger partial charge in [0.2, 0.25) is 0 Å². The van der Waals surface area contributed by atoms with Gasteiger partial charge in [0.15, 0.2) is 0 Å². The van der Waals surface area contributed by atoms with E-state index >= 15 is 0 Å². The normalized spacial score (nSPS) is 15.2. The van der Waals surface area contributed by atoms with E-state index in [1.165, 1.54) is 0 Å². The average molecular weight is 703 g/mol. The Morgan fingerprint density at radius 1 is 0.596 bits per heavy atom. The molecule has 4 nitrogen and oxygen atoms in total. The van der Waals surface area contributed by atoms with E-state index < -0.39 is 8.07 Å². The van der Waals surface area contributed by atoms with Crippen molar-refractivity contribution < 1.29 is 0 Å². The molecule has 0 radical (unpaired) electrons. The molecule has 0 aliphatic carbocycles. The first-order valence-electron chi connectivity index (χ1n) is 19.1. The summed E-state index contributed by atoms with van der Waals surface area (Å²) in [6.07, 6.45) is 1.64. The zero-order valence-electron chi connectivity index (χ0n) is 32.7. The Hall–Kier alpha value is -4.66. The van der Waals surface area contributed by atoms with Crippen molar-refractivity contribution >= 4 is 30.1 Å². The smallest absolute Gasteiger partial charge is 0.146 e. The maximum Gasteiger partial charge on any atom is 0.146 e. The largest absolute Gasteiger partial charge is 0.355 e. The predicted molar refractivity (Wildman–Crippen MR) is 223 cm³/mol.